The SMILES string of the molecule is Nc1nccc2c(OCC34CC(COc5ccn6ccnc6c5)(C3)C4)cccc12. The lowest BCUT2D eigenvalue weighted by Crippen LogP contribution is -2.66. The van der Waals surface area contributed by atoms with Crippen LogP contribution in [0.25, 0.3) is 16.4 Å². The van der Waals surface area contributed by atoms with Crippen molar-refractivity contribution in [3.8, 4) is 11.5 Å². The molecule has 2 N–H and O–H groups in total. The number of nitrogen functional groups attached to an aromatic ring is 1. The molecular formula is C23H22N4O2. The predicted molar refractivity (Wildman–Crippen MR) is 111 cm³/mol. The highest BCUT2D eigenvalue weighted by molar-refractivity contribution is 5.94. The van der Waals surface area contributed by atoms with Crippen molar-refractivity contribution >= 4 is 22.2 Å². The summed E-state index contributed by atoms with van der Waals surface area (Å²) in [6.07, 6.45) is 11.0. The summed E-state index contributed by atoms with van der Waals surface area (Å²) < 4.78 is 14.3. The van der Waals surface area contributed by atoms with Gasteiger partial charge in [-0.3, -0.25) is 0 Å². The fourth-order valence-corrected chi connectivity index (χ4v) is 5.31. The molecule has 0 spiro atoms. The van der Waals surface area contributed by atoms with E-state index in [4.69, 9.17) is 15.2 Å². The molecule has 0 aliphatic heterocycles. The van der Waals surface area contributed by atoms with Crippen molar-refractivity contribution in [3.63, 3.8) is 0 Å². The molecule has 3 aromatic heterocycles. The number of nitrogens with zero attached hydrogens (tertiary/aromatic N) is 3. The second-order valence-corrected chi connectivity index (χ2v) is 8.71. The molecule has 6 heteroatoms. The minimum absolute atomic E-state index is 0.303. The molecule has 6 nitrogen and oxygen atoms in total. The summed E-state index contributed by atoms with van der Waals surface area (Å²) in [5.74, 6) is 2.32. The van der Waals surface area contributed by atoms with Gasteiger partial charge in [-0.15, -0.1) is 0 Å². The van der Waals surface area contributed by atoms with E-state index in [1.165, 1.54) is 19.3 Å². The maximum Gasteiger partial charge on any atom is 0.140 e. The van der Waals surface area contributed by atoms with Gasteiger partial charge in [0.1, 0.15) is 23.0 Å². The zero-order valence-electron chi connectivity index (χ0n) is 16.0. The Morgan fingerprint density at radius 3 is 2.59 bits per heavy atom. The first kappa shape index (κ1) is 16.7. The molecule has 146 valence electrons. The van der Waals surface area contributed by atoms with E-state index >= 15 is 0 Å². The molecule has 0 amide bonds. The quantitative estimate of drug-likeness (QED) is 0.540. The summed E-state index contributed by atoms with van der Waals surface area (Å²) in [6, 6.07) is 11.9. The van der Waals surface area contributed by atoms with E-state index in [1.807, 2.05) is 53.2 Å². The van der Waals surface area contributed by atoms with Crippen molar-refractivity contribution < 1.29 is 9.47 Å². The van der Waals surface area contributed by atoms with Gasteiger partial charge in [0.2, 0.25) is 0 Å². The molecule has 7 rings (SSSR count). The highest BCUT2D eigenvalue weighted by Crippen LogP contribution is 2.73. The van der Waals surface area contributed by atoms with Gasteiger partial charge in [-0.25, -0.2) is 9.97 Å². The molecule has 3 heterocycles. The van der Waals surface area contributed by atoms with Crippen LogP contribution in [-0.2, 0) is 0 Å². The van der Waals surface area contributed by atoms with Gasteiger partial charge < -0.3 is 19.6 Å². The maximum atomic E-state index is 6.23. The number of imidazole rings is 1. The topological polar surface area (TPSA) is 74.7 Å². The predicted octanol–water partition coefficient (Wildman–Crippen LogP) is 4.09. The molecule has 3 fully saturated rings. The Balaban J connectivity index is 1.07. The van der Waals surface area contributed by atoms with Crippen LogP contribution in [0.2, 0.25) is 0 Å². The summed E-state index contributed by atoms with van der Waals surface area (Å²) in [6.45, 7) is 1.51. The third kappa shape index (κ3) is 2.63. The van der Waals surface area contributed by atoms with Crippen LogP contribution >= 0.6 is 0 Å². The highest BCUT2D eigenvalue weighted by atomic mass is 16.5. The van der Waals surface area contributed by atoms with Crippen molar-refractivity contribution in [1.82, 2.24) is 14.4 Å². The Morgan fingerprint density at radius 1 is 0.897 bits per heavy atom. The molecule has 0 saturated heterocycles. The lowest BCUT2D eigenvalue weighted by atomic mass is 9.35. The van der Waals surface area contributed by atoms with E-state index < -0.39 is 0 Å². The van der Waals surface area contributed by atoms with Crippen LogP contribution in [0.1, 0.15) is 19.3 Å². The molecule has 3 aliphatic carbocycles. The van der Waals surface area contributed by atoms with E-state index in [0.717, 1.165) is 41.1 Å². The molecule has 3 aliphatic rings. The maximum absolute atomic E-state index is 6.23. The minimum Gasteiger partial charge on any atom is -0.493 e. The van der Waals surface area contributed by atoms with E-state index in [-0.39, 0.29) is 0 Å². The Kier molecular flexibility index (Phi) is 3.37. The monoisotopic (exact) mass is 386 g/mol. The van der Waals surface area contributed by atoms with Crippen LogP contribution in [0.5, 0.6) is 11.5 Å². The van der Waals surface area contributed by atoms with Crippen molar-refractivity contribution in [1.29, 1.82) is 0 Å². The first-order valence-corrected chi connectivity index (χ1v) is 9.96. The summed E-state index contributed by atoms with van der Waals surface area (Å²) in [4.78, 5) is 8.48. The van der Waals surface area contributed by atoms with Crippen molar-refractivity contribution in [2.24, 2.45) is 10.8 Å². The number of fused-ring (bicyclic) bond motifs is 2. The summed E-state index contributed by atoms with van der Waals surface area (Å²) in [5, 5.41) is 1.97. The van der Waals surface area contributed by atoms with Gasteiger partial charge in [-0.05, 0) is 37.5 Å². The first-order valence-electron chi connectivity index (χ1n) is 9.96. The van der Waals surface area contributed by atoms with Gasteiger partial charge >= 0.3 is 0 Å². The number of hydrogen-bond acceptors (Lipinski definition) is 5. The lowest BCUT2D eigenvalue weighted by molar-refractivity contribution is -0.231. The molecule has 29 heavy (non-hydrogen) atoms. The average molecular weight is 386 g/mol. The molecule has 3 saturated carbocycles. The third-order valence-corrected chi connectivity index (χ3v) is 6.50. The largest absolute Gasteiger partial charge is 0.493 e. The van der Waals surface area contributed by atoms with Crippen LogP contribution in [0.3, 0.4) is 0 Å². The molecular weight excluding hydrogens is 364 g/mol. The number of aromatic nitrogens is 3. The Bertz CT molecular complexity index is 1210. The Labute approximate surface area is 168 Å². The molecule has 0 unspecified atom stereocenters. The number of benzene rings is 1. The van der Waals surface area contributed by atoms with E-state index in [1.54, 1.807) is 12.4 Å². The van der Waals surface area contributed by atoms with Gasteiger partial charge in [0.25, 0.3) is 0 Å². The number of rotatable bonds is 6. The molecule has 0 radical (unpaired) electrons. The fraction of sp³-hybridized carbons (Fsp3) is 0.304. The third-order valence-electron chi connectivity index (χ3n) is 6.50. The molecule has 1 aromatic carbocycles. The lowest BCUT2D eigenvalue weighted by Gasteiger charge is -2.70. The second kappa shape index (κ2) is 5.86. The minimum atomic E-state index is 0.303. The van der Waals surface area contributed by atoms with E-state index in [9.17, 15) is 0 Å². The standard InChI is InChI=1S/C23H22N4O2/c24-21-18-2-1-3-19(17(18)4-6-26-21)29-15-23-11-22(12-23,13-23)14-28-16-5-8-27-9-7-25-20(27)10-16/h1-10H,11-15H2,(H2,24,26). The molecule has 4 aromatic rings. The normalized spacial score (nSPS) is 24.8. The van der Waals surface area contributed by atoms with Crippen molar-refractivity contribution in [2.45, 2.75) is 19.3 Å². The van der Waals surface area contributed by atoms with Crippen LogP contribution < -0.4 is 15.2 Å². The summed E-state index contributed by atoms with van der Waals surface area (Å²) in [5.41, 5.74) is 7.52. The van der Waals surface area contributed by atoms with Crippen molar-refractivity contribution in [3.05, 3.63) is 61.2 Å². The number of nitrogens with two attached hydrogens (primary N) is 1. The number of anilines is 1. The van der Waals surface area contributed by atoms with Gasteiger partial charge in [-0.2, -0.15) is 0 Å². The van der Waals surface area contributed by atoms with Gasteiger partial charge in [0.05, 0.1) is 13.2 Å². The number of ether oxygens (including phenoxy) is 2. The van der Waals surface area contributed by atoms with E-state index in [2.05, 4.69) is 9.97 Å². The highest BCUT2D eigenvalue weighted by Gasteiger charge is 2.68. The zero-order valence-corrected chi connectivity index (χ0v) is 16.0. The zero-order chi connectivity index (χ0) is 19.5. The van der Waals surface area contributed by atoms with E-state index in [0.29, 0.717) is 16.6 Å². The van der Waals surface area contributed by atoms with Gasteiger partial charge in [0, 0.05) is 52.5 Å². The first-order chi connectivity index (χ1) is 14.1. The fourth-order valence-electron chi connectivity index (χ4n) is 5.31. The van der Waals surface area contributed by atoms with Crippen molar-refractivity contribution in [2.75, 3.05) is 18.9 Å². The van der Waals surface area contributed by atoms with Crippen LogP contribution in [0.15, 0.2) is 61.2 Å². The Morgan fingerprint density at radius 2 is 1.72 bits per heavy atom. The average Bonchev–Trinajstić information content (AvgIpc) is 3.14. The smallest absolute Gasteiger partial charge is 0.140 e. The number of hydrogen-bond donors (Lipinski definition) is 1. The van der Waals surface area contributed by atoms with Crippen LogP contribution in [0, 0.1) is 10.8 Å². The summed E-state index contributed by atoms with van der Waals surface area (Å²) in [7, 11) is 0. The Hall–Kier alpha value is -3.28. The van der Waals surface area contributed by atoms with Crippen LogP contribution in [0.4, 0.5) is 5.82 Å². The number of pyridine rings is 2. The molecule has 2 bridgehead atoms. The van der Waals surface area contributed by atoms with Gasteiger partial charge in [0.15, 0.2) is 0 Å². The van der Waals surface area contributed by atoms with Crippen LogP contribution in [-0.4, -0.2) is 27.6 Å². The molecule has 0 atom stereocenters. The second-order valence-electron chi connectivity index (χ2n) is 8.71. The summed E-state index contributed by atoms with van der Waals surface area (Å²) >= 11 is 0. The van der Waals surface area contributed by atoms with Gasteiger partial charge in [-0.1, -0.05) is 12.1 Å².